The number of rotatable bonds is 3. The zero-order valence-electron chi connectivity index (χ0n) is 12.7. The highest BCUT2D eigenvalue weighted by Gasteiger charge is 2.49. The first-order chi connectivity index (χ1) is 10.2. The Bertz CT molecular complexity index is 511. The van der Waals surface area contributed by atoms with Gasteiger partial charge in [0.2, 0.25) is 0 Å². The van der Waals surface area contributed by atoms with E-state index in [1.807, 2.05) is 31.4 Å². The predicted octanol–water partition coefficient (Wildman–Crippen LogP) is 2.69. The Morgan fingerprint density at radius 3 is 2.57 bits per heavy atom. The zero-order chi connectivity index (χ0) is 14.9. The smallest absolute Gasteiger partial charge is 0.337 e. The lowest BCUT2D eigenvalue weighted by molar-refractivity contribution is -0.114. The first-order valence-electron chi connectivity index (χ1n) is 7.63. The molecule has 1 heterocycles. The van der Waals surface area contributed by atoms with Gasteiger partial charge in [-0.05, 0) is 55.3 Å². The maximum Gasteiger partial charge on any atom is 0.337 e. The molecule has 2 aliphatic rings. The number of esters is 1. The van der Waals surface area contributed by atoms with E-state index in [-0.39, 0.29) is 5.97 Å². The SMILES string of the molecule is COC(=O)c1ccc(C2CC3(CCN2)CCC3OC)cc1. The summed E-state index contributed by atoms with van der Waals surface area (Å²) in [4.78, 5) is 11.5. The fraction of sp³-hybridized carbons (Fsp3) is 0.588. The van der Waals surface area contributed by atoms with Crippen LogP contribution in [0.3, 0.4) is 0 Å². The summed E-state index contributed by atoms with van der Waals surface area (Å²) in [6.07, 6.45) is 5.18. The lowest BCUT2D eigenvalue weighted by Crippen LogP contribution is -2.52. The van der Waals surface area contributed by atoms with Crippen LogP contribution in [0.25, 0.3) is 0 Å². The lowest BCUT2D eigenvalue weighted by atomic mass is 9.59. The summed E-state index contributed by atoms with van der Waals surface area (Å²) in [6, 6.07) is 8.10. The van der Waals surface area contributed by atoms with E-state index in [1.54, 1.807) is 0 Å². The van der Waals surface area contributed by atoms with E-state index < -0.39 is 0 Å². The van der Waals surface area contributed by atoms with Gasteiger partial charge in [0.1, 0.15) is 0 Å². The van der Waals surface area contributed by atoms with Crippen LogP contribution in [0.5, 0.6) is 0 Å². The van der Waals surface area contributed by atoms with Crippen molar-refractivity contribution < 1.29 is 14.3 Å². The molecule has 2 fully saturated rings. The molecule has 0 aromatic heterocycles. The Morgan fingerprint density at radius 2 is 2.00 bits per heavy atom. The fourth-order valence-corrected chi connectivity index (χ4v) is 3.84. The minimum absolute atomic E-state index is 0.284. The average Bonchev–Trinajstić information content (AvgIpc) is 2.54. The van der Waals surface area contributed by atoms with Crippen LogP contribution in [0.4, 0.5) is 0 Å². The highest BCUT2D eigenvalue weighted by Crippen LogP contribution is 2.52. The number of methoxy groups -OCH3 is 2. The number of ether oxygens (including phenoxy) is 2. The maximum atomic E-state index is 11.5. The second kappa shape index (κ2) is 5.78. The van der Waals surface area contributed by atoms with Crippen LogP contribution in [0.2, 0.25) is 0 Å². The van der Waals surface area contributed by atoms with Gasteiger partial charge in [-0.2, -0.15) is 0 Å². The van der Waals surface area contributed by atoms with Crippen LogP contribution in [0.1, 0.15) is 47.6 Å². The number of hydrogen-bond acceptors (Lipinski definition) is 4. The summed E-state index contributed by atoms with van der Waals surface area (Å²) in [5.41, 5.74) is 2.19. The summed E-state index contributed by atoms with van der Waals surface area (Å²) in [7, 11) is 3.23. The predicted molar refractivity (Wildman–Crippen MR) is 80.2 cm³/mol. The second-order valence-corrected chi connectivity index (χ2v) is 6.20. The molecule has 1 saturated heterocycles. The third kappa shape index (κ3) is 2.58. The third-order valence-corrected chi connectivity index (χ3v) is 5.23. The first-order valence-corrected chi connectivity index (χ1v) is 7.63. The van der Waals surface area contributed by atoms with Gasteiger partial charge in [0.25, 0.3) is 0 Å². The quantitative estimate of drug-likeness (QED) is 0.869. The lowest BCUT2D eigenvalue weighted by Gasteiger charge is -2.53. The summed E-state index contributed by atoms with van der Waals surface area (Å²) in [5.74, 6) is -0.284. The number of benzene rings is 1. The van der Waals surface area contributed by atoms with E-state index >= 15 is 0 Å². The van der Waals surface area contributed by atoms with Crippen LogP contribution >= 0.6 is 0 Å². The molecule has 0 amide bonds. The van der Waals surface area contributed by atoms with E-state index in [0.29, 0.717) is 23.1 Å². The van der Waals surface area contributed by atoms with E-state index in [1.165, 1.54) is 31.9 Å². The Kier molecular flexibility index (Phi) is 4.00. The Hall–Kier alpha value is -1.39. The monoisotopic (exact) mass is 289 g/mol. The average molecular weight is 289 g/mol. The van der Waals surface area contributed by atoms with Crippen molar-refractivity contribution in [3.63, 3.8) is 0 Å². The van der Waals surface area contributed by atoms with Gasteiger partial charge in [0.05, 0.1) is 18.8 Å². The fourth-order valence-electron chi connectivity index (χ4n) is 3.84. The normalized spacial score (nSPS) is 31.7. The van der Waals surface area contributed by atoms with Crippen LogP contribution in [0, 0.1) is 5.41 Å². The molecule has 1 aliphatic carbocycles. The highest BCUT2D eigenvalue weighted by atomic mass is 16.5. The summed E-state index contributed by atoms with van der Waals surface area (Å²) >= 11 is 0. The number of carbonyl (C=O) groups excluding carboxylic acids is 1. The van der Waals surface area contributed by atoms with Crippen molar-refractivity contribution in [1.82, 2.24) is 5.32 Å². The van der Waals surface area contributed by atoms with Crippen LogP contribution in [-0.2, 0) is 9.47 Å². The molecule has 21 heavy (non-hydrogen) atoms. The number of carbonyl (C=O) groups is 1. The molecule has 1 aromatic carbocycles. The third-order valence-electron chi connectivity index (χ3n) is 5.23. The Labute approximate surface area is 125 Å². The number of nitrogens with one attached hydrogen (secondary N) is 1. The van der Waals surface area contributed by atoms with E-state index in [4.69, 9.17) is 9.47 Å². The standard InChI is InChI=1S/C17H23NO3/c1-20-15-7-8-17(15)9-10-18-14(11-17)12-3-5-13(6-4-12)16(19)21-2/h3-6,14-15,18H,7-11H2,1-2H3. The number of hydrogen-bond donors (Lipinski definition) is 1. The molecule has 1 saturated carbocycles. The summed E-state index contributed by atoms with van der Waals surface area (Å²) < 4.78 is 10.4. The topological polar surface area (TPSA) is 47.6 Å². The molecule has 0 radical (unpaired) electrons. The van der Waals surface area contributed by atoms with Crippen molar-refractivity contribution in [1.29, 1.82) is 0 Å². The number of piperidine rings is 1. The van der Waals surface area contributed by atoms with E-state index in [9.17, 15) is 4.79 Å². The molecule has 3 rings (SSSR count). The van der Waals surface area contributed by atoms with Crippen LogP contribution < -0.4 is 5.32 Å². The first kappa shape index (κ1) is 14.5. The summed E-state index contributed by atoms with van der Waals surface area (Å²) in [6.45, 7) is 1.03. The van der Waals surface area contributed by atoms with E-state index in [2.05, 4.69) is 5.32 Å². The Morgan fingerprint density at radius 1 is 1.24 bits per heavy atom. The van der Waals surface area contributed by atoms with Gasteiger partial charge in [-0.3, -0.25) is 0 Å². The molecule has 3 atom stereocenters. The van der Waals surface area contributed by atoms with Crippen molar-refractivity contribution in [3.05, 3.63) is 35.4 Å². The molecule has 4 nitrogen and oxygen atoms in total. The van der Waals surface area contributed by atoms with E-state index in [0.717, 1.165) is 13.0 Å². The maximum absolute atomic E-state index is 11.5. The second-order valence-electron chi connectivity index (χ2n) is 6.20. The minimum atomic E-state index is -0.284. The van der Waals surface area contributed by atoms with Crippen molar-refractivity contribution >= 4 is 5.97 Å². The molecular formula is C17H23NO3. The van der Waals surface area contributed by atoms with Crippen LogP contribution in [-0.4, -0.2) is 32.8 Å². The van der Waals surface area contributed by atoms with Gasteiger partial charge in [0, 0.05) is 13.2 Å². The minimum Gasteiger partial charge on any atom is -0.465 e. The molecule has 1 N–H and O–H groups in total. The molecule has 1 aliphatic heterocycles. The Balaban J connectivity index is 1.73. The molecule has 0 bridgehead atoms. The highest BCUT2D eigenvalue weighted by molar-refractivity contribution is 5.89. The van der Waals surface area contributed by atoms with Gasteiger partial charge in [-0.1, -0.05) is 12.1 Å². The van der Waals surface area contributed by atoms with Gasteiger partial charge >= 0.3 is 5.97 Å². The van der Waals surface area contributed by atoms with Crippen molar-refractivity contribution in [2.75, 3.05) is 20.8 Å². The molecule has 4 heteroatoms. The van der Waals surface area contributed by atoms with Gasteiger partial charge in [0.15, 0.2) is 0 Å². The van der Waals surface area contributed by atoms with Gasteiger partial charge in [-0.25, -0.2) is 4.79 Å². The van der Waals surface area contributed by atoms with Crippen molar-refractivity contribution in [3.8, 4) is 0 Å². The zero-order valence-corrected chi connectivity index (χ0v) is 12.7. The summed E-state index contributed by atoms with van der Waals surface area (Å²) in [5, 5.41) is 3.59. The van der Waals surface area contributed by atoms with Gasteiger partial charge in [-0.15, -0.1) is 0 Å². The van der Waals surface area contributed by atoms with Gasteiger partial charge < -0.3 is 14.8 Å². The van der Waals surface area contributed by atoms with Crippen LogP contribution in [0.15, 0.2) is 24.3 Å². The molecule has 1 spiro atoms. The largest absolute Gasteiger partial charge is 0.465 e. The van der Waals surface area contributed by atoms with Crippen molar-refractivity contribution in [2.24, 2.45) is 5.41 Å². The molecule has 3 unspecified atom stereocenters. The molecule has 1 aromatic rings. The van der Waals surface area contributed by atoms with Crippen molar-refractivity contribution in [2.45, 2.75) is 37.8 Å². The molecule has 114 valence electrons. The molecular weight excluding hydrogens is 266 g/mol.